The molecule has 156 valence electrons. The van der Waals surface area contributed by atoms with E-state index >= 15 is 0 Å². The van der Waals surface area contributed by atoms with Crippen LogP contribution < -0.4 is 16.0 Å². The first-order valence-corrected chi connectivity index (χ1v) is 10.0. The second-order valence-electron chi connectivity index (χ2n) is 7.67. The first kappa shape index (κ1) is 20.4. The summed E-state index contributed by atoms with van der Waals surface area (Å²) < 4.78 is 0. The number of imide groups is 1. The summed E-state index contributed by atoms with van der Waals surface area (Å²) in [5, 5.41) is 8.90. The fourth-order valence-corrected chi connectivity index (χ4v) is 3.46. The average Bonchev–Trinajstić information content (AvgIpc) is 2.75. The second kappa shape index (κ2) is 8.85. The molecule has 0 bridgehead atoms. The molecule has 0 radical (unpaired) electrons. The second-order valence-corrected chi connectivity index (χ2v) is 7.67. The zero-order chi connectivity index (χ0) is 21.8. The van der Waals surface area contributed by atoms with E-state index in [0.29, 0.717) is 16.7 Å². The third kappa shape index (κ3) is 4.82. The minimum Gasteiger partial charge on any atom is -0.361 e. The Balaban J connectivity index is 1.60. The molecule has 4 rings (SSSR count). The maximum atomic E-state index is 12.6. The van der Waals surface area contributed by atoms with Crippen LogP contribution in [-0.2, 0) is 11.3 Å². The standard InChI is InChI=1S/C25H24N4O2/c1-29(2)16-17-8-10-18(11-9-17)26-15-23-22-14-20(27-19-6-4-3-5-7-19)12-13-21(22)24(30)28-25(23)31/h3-15,26-27H,16H2,1-2H3,(H,28,30,31)/b23-15-. The molecule has 3 aromatic carbocycles. The van der Waals surface area contributed by atoms with Crippen LogP contribution >= 0.6 is 0 Å². The van der Waals surface area contributed by atoms with Crippen LogP contribution in [0.2, 0.25) is 0 Å². The van der Waals surface area contributed by atoms with Crippen molar-refractivity contribution in [2.24, 2.45) is 0 Å². The van der Waals surface area contributed by atoms with Crippen molar-refractivity contribution in [3.8, 4) is 0 Å². The Kier molecular flexibility index (Phi) is 5.82. The van der Waals surface area contributed by atoms with Gasteiger partial charge < -0.3 is 15.5 Å². The van der Waals surface area contributed by atoms with Gasteiger partial charge in [-0.05, 0) is 62.1 Å². The van der Waals surface area contributed by atoms with Crippen molar-refractivity contribution in [3.05, 3.63) is 95.7 Å². The molecule has 0 atom stereocenters. The summed E-state index contributed by atoms with van der Waals surface area (Å²) in [6.07, 6.45) is 1.65. The van der Waals surface area contributed by atoms with Crippen LogP contribution in [-0.4, -0.2) is 30.8 Å². The van der Waals surface area contributed by atoms with Gasteiger partial charge in [-0.15, -0.1) is 0 Å². The largest absolute Gasteiger partial charge is 0.361 e. The highest BCUT2D eigenvalue weighted by Gasteiger charge is 2.27. The molecule has 1 aliphatic heterocycles. The summed E-state index contributed by atoms with van der Waals surface area (Å²) in [6, 6.07) is 23.1. The van der Waals surface area contributed by atoms with Gasteiger partial charge in [0.1, 0.15) is 0 Å². The van der Waals surface area contributed by atoms with Crippen molar-refractivity contribution < 1.29 is 9.59 Å². The molecule has 1 heterocycles. The van der Waals surface area contributed by atoms with Crippen LogP contribution in [0.5, 0.6) is 0 Å². The lowest BCUT2D eigenvalue weighted by atomic mass is 9.94. The molecule has 6 nitrogen and oxygen atoms in total. The Morgan fingerprint density at radius 3 is 2.23 bits per heavy atom. The quantitative estimate of drug-likeness (QED) is 0.418. The molecule has 3 aromatic rings. The van der Waals surface area contributed by atoms with Gasteiger partial charge in [0.15, 0.2) is 0 Å². The molecule has 3 N–H and O–H groups in total. The van der Waals surface area contributed by atoms with Crippen molar-refractivity contribution >= 4 is 34.4 Å². The predicted octanol–water partition coefficient (Wildman–Crippen LogP) is 4.21. The smallest absolute Gasteiger partial charge is 0.260 e. The van der Waals surface area contributed by atoms with Crippen LogP contribution in [0.15, 0.2) is 79.0 Å². The van der Waals surface area contributed by atoms with Crippen LogP contribution in [0.4, 0.5) is 17.1 Å². The molecule has 1 aliphatic rings. The molecule has 2 amide bonds. The Labute approximate surface area is 181 Å². The number of fused-ring (bicyclic) bond motifs is 1. The minimum atomic E-state index is -0.425. The van der Waals surface area contributed by atoms with Gasteiger partial charge in [0, 0.05) is 40.9 Å². The van der Waals surface area contributed by atoms with E-state index in [0.717, 1.165) is 23.6 Å². The number of hydrogen-bond acceptors (Lipinski definition) is 5. The van der Waals surface area contributed by atoms with E-state index in [-0.39, 0.29) is 0 Å². The van der Waals surface area contributed by atoms with Crippen LogP contribution in [0.1, 0.15) is 21.5 Å². The van der Waals surface area contributed by atoms with Gasteiger partial charge in [-0.3, -0.25) is 14.9 Å². The molecule has 0 saturated carbocycles. The van der Waals surface area contributed by atoms with Gasteiger partial charge >= 0.3 is 0 Å². The Morgan fingerprint density at radius 1 is 0.806 bits per heavy atom. The van der Waals surface area contributed by atoms with Crippen molar-refractivity contribution in [1.82, 2.24) is 10.2 Å². The van der Waals surface area contributed by atoms with Crippen molar-refractivity contribution in [2.45, 2.75) is 6.54 Å². The third-order valence-electron chi connectivity index (χ3n) is 4.92. The number of benzene rings is 3. The van der Waals surface area contributed by atoms with Crippen LogP contribution in [0.25, 0.3) is 5.57 Å². The van der Waals surface area contributed by atoms with Crippen molar-refractivity contribution in [2.75, 3.05) is 24.7 Å². The number of nitrogens with one attached hydrogen (secondary N) is 3. The first-order valence-electron chi connectivity index (χ1n) is 10.0. The highest BCUT2D eigenvalue weighted by molar-refractivity contribution is 6.31. The monoisotopic (exact) mass is 412 g/mol. The summed E-state index contributed by atoms with van der Waals surface area (Å²) in [5.41, 5.74) is 5.25. The lowest BCUT2D eigenvalue weighted by Crippen LogP contribution is -2.36. The maximum absolute atomic E-state index is 12.6. The first-order chi connectivity index (χ1) is 15.0. The van der Waals surface area contributed by atoms with E-state index in [1.54, 1.807) is 12.3 Å². The molecule has 6 heteroatoms. The SMILES string of the molecule is CN(C)Cc1ccc(N/C=C2\C(=O)NC(=O)c3ccc(Nc4ccccc4)cc32)cc1. The number of para-hydroxylation sites is 1. The Bertz CT molecular complexity index is 1140. The number of anilines is 3. The van der Waals surface area contributed by atoms with E-state index in [9.17, 15) is 9.59 Å². The summed E-state index contributed by atoms with van der Waals surface area (Å²) in [4.78, 5) is 27.0. The van der Waals surface area contributed by atoms with E-state index in [4.69, 9.17) is 0 Å². The van der Waals surface area contributed by atoms with Crippen molar-refractivity contribution in [1.29, 1.82) is 0 Å². The fourth-order valence-electron chi connectivity index (χ4n) is 3.46. The highest BCUT2D eigenvalue weighted by atomic mass is 16.2. The van der Waals surface area contributed by atoms with Gasteiger partial charge in [0.2, 0.25) is 0 Å². The molecular weight excluding hydrogens is 388 g/mol. The molecule has 0 fully saturated rings. The Hall–Kier alpha value is -3.90. The lowest BCUT2D eigenvalue weighted by molar-refractivity contribution is -0.114. The molecule has 0 unspecified atom stereocenters. The highest BCUT2D eigenvalue weighted by Crippen LogP contribution is 2.28. The fraction of sp³-hybridized carbons (Fsp3) is 0.120. The number of hydrogen-bond donors (Lipinski definition) is 3. The average molecular weight is 412 g/mol. The van der Waals surface area contributed by atoms with Gasteiger partial charge in [-0.2, -0.15) is 0 Å². The van der Waals surface area contributed by atoms with Gasteiger partial charge in [-0.1, -0.05) is 30.3 Å². The lowest BCUT2D eigenvalue weighted by Gasteiger charge is -2.20. The number of carbonyl (C=O) groups excluding carboxylic acids is 2. The molecule has 31 heavy (non-hydrogen) atoms. The topological polar surface area (TPSA) is 73.5 Å². The number of carbonyl (C=O) groups is 2. The van der Waals surface area contributed by atoms with E-state index in [1.165, 1.54) is 5.56 Å². The van der Waals surface area contributed by atoms with E-state index < -0.39 is 11.8 Å². The van der Waals surface area contributed by atoms with Crippen molar-refractivity contribution in [3.63, 3.8) is 0 Å². The van der Waals surface area contributed by atoms with Crippen LogP contribution in [0, 0.1) is 0 Å². The maximum Gasteiger partial charge on any atom is 0.260 e. The van der Waals surface area contributed by atoms with Gasteiger partial charge in [-0.25, -0.2) is 0 Å². The summed E-state index contributed by atoms with van der Waals surface area (Å²) in [6.45, 7) is 0.858. The Morgan fingerprint density at radius 2 is 1.52 bits per heavy atom. The number of rotatable bonds is 6. The predicted molar refractivity (Wildman–Crippen MR) is 124 cm³/mol. The molecular formula is C25H24N4O2. The molecule has 0 spiro atoms. The minimum absolute atomic E-state index is 0.392. The number of nitrogens with zero attached hydrogens (tertiary/aromatic N) is 1. The zero-order valence-corrected chi connectivity index (χ0v) is 17.5. The molecule has 0 saturated heterocycles. The van der Waals surface area contributed by atoms with Crippen LogP contribution in [0.3, 0.4) is 0 Å². The van der Waals surface area contributed by atoms with E-state index in [2.05, 4.69) is 20.9 Å². The van der Waals surface area contributed by atoms with E-state index in [1.807, 2.05) is 80.8 Å². The molecule has 0 aliphatic carbocycles. The van der Waals surface area contributed by atoms with Gasteiger partial charge in [0.25, 0.3) is 11.8 Å². The molecule has 0 aromatic heterocycles. The normalized spacial score (nSPS) is 14.4. The summed E-state index contributed by atoms with van der Waals surface area (Å²) in [7, 11) is 4.05. The summed E-state index contributed by atoms with van der Waals surface area (Å²) >= 11 is 0. The third-order valence-corrected chi connectivity index (χ3v) is 4.92. The summed E-state index contributed by atoms with van der Waals surface area (Å²) in [5.74, 6) is -0.817. The zero-order valence-electron chi connectivity index (χ0n) is 17.5. The number of amides is 2. The van der Waals surface area contributed by atoms with Gasteiger partial charge in [0.05, 0.1) is 5.57 Å².